The molecule has 6 heteroatoms. The molecular weight excluding hydrogens is 248 g/mol. The van der Waals surface area contributed by atoms with E-state index < -0.39 is 24.0 Å². The van der Waals surface area contributed by atoms with Crippen LogP contribution in [-0.2, 0) is 9.59 Å². The number of rotatable bonds is 8. The molecule has 6 nitrogen and oxygen atoms in total. The first-order valence-electron chi connectivity index (χ1n) is 6.65. The van der Waals surface area contributed by atoms with Gasteiger partial charge in [0.1, 0.15) is 12.1 Å². The van der Waals surface area contributed by atoms with Crippen LogP contribution in [0.25, 0.3) is 0 Å². The Morgan fingerprint density at radius 1 is 1.11 bits per heavy atom. The number of hydrogen-bond donors (Lipinski definition) is 3. The molecule has 0 aliphatic carbocycles. The first kappa shape index (κ1) is 17.9. The zero-order chi connectivity index (χ0) is 15.2. The number of aliphatic hydroxyl groups is 1. The van der Waals surface area contributed by atoms with Gasteiger partial charge in [0.05, 0.1) is 0 Å². The highest BCUT2D eigenvalue weighted by Crippen LogP contribution is 2.13. The molecule has 0 rings (SSSR count). The van der Waals surface area contributed by atoms with Crippen LogP contribution in [0, 0.1) is 11.8 Å². The molecule has 0 saturated carbocycles. The van der Waals surface area contributed by atoms with Crippen molar-refractivity contribution >= 4 is 11.9 Å². The smallest absolute Gasteiger partial charge is 0.328 e. The van der Waals surface area contributed by atoms with Gasteiger partial charge in [-0.05, 0) is 31.1 Å². The maximum atomic E-state index is 11.9. The summed E-state index contributed by atoms with van der Waals surface area (Å²) in [6, 6.07) is -1.10. The summed E-state index contributed by atoms with van der Waals surface area (Å²) in [5.41, 5.74) is 0. The van der Waals surface area contributed by atoms with Crippen molar-refractivity contribution in [2.45, 2.75) is 59.1 Å². The minimum absolute atomic E-state index is 0.0905. The largest absolute Gasteiger partial charge is 0.480 e. The van der Waals surface area contributed by atoms with Gasteiger partial charge in [0.2, 0.25) is 0 Å². The zero-order valence-electron chi connectivity index (χ0n) is 12.2. The molecule has 0 heterocycles. The van der Waals surface area contributed by atoms with Gasteiger partial charge >= 0.3 is 5.97 Å². The van der Waals surface area contributed by atoms with Crippen LogP contribution < -0.4 is 5.84 Å². The van der Waals surface area contributed by atoms with Crippen LogP contribution in [-0.4, -0.2) is 39.2 Å². The molecule has 0 aromatic rings. The summed E-state index contributed by atoms with van der Waals surface area (Å²) < 4.78 is 0. The Bertz CT molecular complexity index is 305. The molecule has 112 valence electrons. The molecule has 0 bridgehead atoms. The van der Waals surface area contributed by atoms with E-state index in [4.69, 9.17) is 10.9 Å². The number of nitrogens with two attached hydrogens (primary N) is 1. The Hall–Kier alpha value is -1.14. The number of carbonyl (C=O) groups is 2. The molecule has 4 N–H and O–H groups in total. The normalized spacial score (nSPS) is 14.5. The Balaban J connectivity index is 4.61. The number of aliphatic hydroxyl groups excluding tert-OH is 1. The summed E-state index contributed by atoms with van der Waals surface area (Å²) in [5, 5.41) is 19.5. The minimum Gasteiger partial charge on any atom is -0.480 e. The third kappa shape index (κ3) is 6.54. The topological polar surface area (TPSA) is 104 Å². The highest BCUT2D eigenvalue weighted by atomic mass is 16.4. The molecule has 0 saturated heterocycles. The average molecular weight is 274 g/mol. The van der Waals surface area contributed by atoms with Crippen LogP contribution in [0.3, 0.4) is 0 Å². The Morgan fingerprint density at radius 2 is 1.63 bits per heavy atom. The minimum atomic E-state index is -1.23. The van der Waals surface area contributed by atoms with Gasteiger partial charge in [-0.3, -0.25) is 9.80 Å². The van der Waals surface area contributed by atoms with Crippen LogP contribution in [0.5, 0.6) is 0 Å². The summed E-state index contributed by atoms with van der Waals surface area (Å²) in [5.74, 6) is 4.13. The summed E-state index contributed by atoms with van der Waals surface area (Å²) in [6.45, 7) is 7.67. The van der Waals surface area contributed by atoms with Crippen molar-refractivity contribution in [1.82, 2.24) is 5.01 Å². The van der Waals surface area contributed by atoms with Gasteiger partial charge < -0.3 is 10.2 Å². The number of hydrazine groups is 1. The fourth-order valence-electron chi connectivity index (χ4n) is 1.72. The molecule has 0 aromatic carbocycles. The molecule has 2 atom stereocenters. The maximum Gasteiger partial charge on any atom is 0.328 e. The van der Waals surface area contributed by atoms with E-state index in [0.717, 1.165) is 0 Å². The van der Waals surface area contributed by atoms with E-state index in [2.05, 4.69) is 0 Å². The second kappa shape index (κ2) is 8.12. The van der Waals surface area contributed by atoms with Gasteiger partial charge in [-0.15, -0.1) is 0 Å². The van der Waals surface area contributed by atoms with E-state index in [-0.39, 0.29) is 18.8 Å². The Kier molecular flexibility index (Phi) is 7.63. The van der Waals surface area contributed by atoms with Crippen molar-refractivity contribution in [1.29, 1.82) is 0 Å². The van der Waals surface area contributed by atoms with Crippen LogP contribution in [0.4, 0.5) is 0 Å². The second-order valence-electron chi connectivity index (χ2n) is 5.72. The lowest BCUT2D eigenvalue weighted by atomic mass is 10.0. The van der Waals surface area contributed by atoms with Crippen LogP contribution in [0.2, 0.25) is 0 Å². The van der Waals surface area contributed by atoms with E-state index in [0.29, 0.717) is 17.3 Å². The lowest BCUT2D eigenvalue weighted by Gasteiger charge is -2.27. The summed E-state index contributed by atoms with van der Waals surface area (Å²) in [7, 11) is 0. The molecule has 0 fully saturated rings. The van der Waals surface area contributed by atoms with Gasteiger partial charge in [-0.1, -0.05) is 27.7 Å². The van der Waals surface area contributed by atoms with Crippen LogP contribution >= 0.6 is 0 Å². The van der Waals surface area contributed by atoms with E-state index in [1.54, 1.807) is 0 Å². The molecule has 19 heavy (non-hydrogen) atoms. The van der Waals surface area contributed by atoms with E-state index in [9.17, 15) is 14.7 Å². The predicted octanol–water partition coefficient (Wildman–Crippen LogP) is 0.985. The SMILES string of the molecule is CC(C)CC[C@H](O)C(=O)N(N)C(CC(C)C)C(=O)O. The molecule has 1 amide bonds. The van der Waals surface area contributed by atoms with E-state index in [1.807, 2.05) is 27.7 Å². The quantitative estimate of drug-likeness (QED) is 0.348. The fraction of sp³-hybridized carbons (Fsp3) is 0.846. The van der Waals surface area contributed by atoms with Gasteiger partial charge in [0.15, 0.2) is 0 Å². The number of hydrogen-bond acceptors (Lipinski definition) is 4. The number of aliphatic carboxylic acids is 1. The maximum absolute atomic E-state index is 11.9. The summed E-state index contributed by atoms with van der Waals surface area (Å²) >= 11 is 0. The number of nitrogens with zero attached hydrogens (tertiary/aromatic N) is 1. The standard InChI is InChI=1S/C13H26N2O4/c1-8(2)5-6-11(16)12(17)15(14)10(13(18)19)7-9(3)4/h8-11,16H,5-7,14H2,1-4H3,(H,18,19)/t10?,11-/m0/s1. The summed E-state index contributed by atoms with van der Waals surface area (Å²) in [4.78, 5) is 23.0. The van der Waals surface area contributed by atoms with Gasteiger partial charge in [-0.2, -0.15) is 0 Å². The van der Waals surface area contributed by atoms with Crippen molar-refractivity contribution in [3.8, 4) is 0 Å². The van der Waals surface area contributed by atoms with Crippen LogP contribution in [0.15, 0.2) is 0 Å². The molecule has 0 aliphatic rings. The highest BCUT2D eigenvalue weighted by Gasteiger charge is 2.31. The van der Waals surface area contributed by atoms with Crippen molar-refractivity contribution in [2.75, 3.05) is 0 Å². The fourth-order valence-corrected chi connectivity index (χ4v) is 1.72. The first-order chi connectivity index (χ1) is 8.66. The third-order valence-corrected chi connectivity index (χ3v) is 2.87. The highest BCUT2D eigenvalue weighted by molar-refractivity contribution is 5.85. The first-order valence-corrected chi connectivity index (χ1v) is 6.65. The van der Waals surface area contributed by atoms with Crippen molar-refractivity contribution in [3.63, 3.8) is 0 Å². The molecule has 0 spiro atoms. The molecule has 0 aromatic heterocycles. The van der Waals surface area contributed by atoms with Gasteiger partial charge in [0.25, 0.3) is 5.91 Å². The van der Waals surface area contributed by atoms with Crippen molar-refractivity contribution in [2.24, 2.45) is 17.7 Å². The molecule has 0 aliphatic heterocycles. The van der Waals surface area contributed by atoms with Crippen LogP contribution in [0.1, 0.15) is 47.0 Å². The lowest BCUT2D eigenvalue weighted by molar-refractivity contribution is -0.155. The van der Waals surface area contributed by atoms with E-state index in [1.165, 1.54) is 0 Å². The zero-order valence-corrected chi connectivity index (χ0v) is 12.2. The Morgan fingerprint density at radius 3 is 2.00 bits per heavy atom. The van der Waals surface area contributed by atoms with Gasteiger partial charge in [-0.25, -0.2) is 10.6 Å². The lowest BCUT2D eigenvalue weighted by Crippen LogP contribution is -2.53. The number of carbonyl (C=O) groups excluding carboxylic acids is 1. The Labute approximate surface area is 114 Å². The number of amides is 1. The third-order valence-electron chi connectivity index (χ3n) is 2.87. The number of carboxylic acid groups (broad SMARTS) is 1. The monoisotopic (exact) mass is 274 g/mol. The second-order valence-corrected chi connectivity index (χ2v) is 5.72. The average Bonchev–Trinajstić information content (AvgIpc) is 2.30. The number of carboxylic acids is 1. The van der Waals surface area contributed by atoms with E-state index >= 15 is 0 Å². The van der Waals surface area contributed by atoms with Crippen molar-refractivity contribution < 1.29 is 19.8 Å². The van der Waals surface area contributed by atoms with Gasteiger partial charge in [0, 0.05) is 0 Å². The molecule has 0 radical (unpaired) electrons. The molecule has 1 unspecified atom stereocenters. The summed E-state index contributed by atoms with van der Waals surface area (Å²) in [6.07, 6.45) is -0.00330. The predicted molar refractivity (Wildman–Crippen MR) is 72.0 cm³/mol. The molecular formula is C13H26N2O4. The van der Waals surface area contributed by atoms with Crippen molar-refractivity contribution in [3.05, 3.63) is 0 Å².